The molecule has 6 rings (SSSR count). The molecule has 0 radical (unpaired) electrons. The van der Waals surface area contributed by atoms with Gasteiger partial charge in [-0.15, -0.1) is 0 Å². The van der Waals surface area contributed by atoms with Gasteiger partial charge in [0.25, 0.3) is 5.91 Å². The first-order valence-corrected chi connectivity index (χ1v) is 10.9. The van der Waals surface area contributed by atoms with Crippen molar-refractivity contribution in [3.63, 3.8) is 0 Å². The molecule has 0 spiro atoms. The molecule has 1 unspecified atom stereocenters. The second kappa shape index (κ2) is 6.57. The number of imide groups is 1. The van der Waals surface area contributed by atoms with E-state index in [0.29, 0.717) is 5.69 Å². The van der Waals surface area contributed by atoms with Gasteiger partial charge in [-0.2, -0.15) is 0 Å². The van der Waals surface area contributed by atoms with Crippen LogP contribution in [0.15, 0.2) is 24.3 Å². The summed E-state index contributed by atoms with van der Waals surface area (Å²) in [6.07, 6.45) is 7.08. The van der Waals surface area contributed by atoms with Crippen LogP contribution in [-0.2, 0) is 9.59 Å². The van der Waals surface area contributed by atoms with Gasteiger partial charge in [0.15, 0.2) is 0 Å². The zero-order valence-corrected chi connectivity index (χ0v) is 17.2. The van der Waals surface area contributed by atoms with Crippen LogP contribution in [0.5, 0.6) is 0 Å². The first-order chi connectivity index (χ1) is 13.8. The van der Waals surface area contributed by atoms with Crippen molar-refractivity contribution < 1.29 is 14.4 Å². The number of nitrogens with zero attached hydrogens (tertiary/aromatic N) is 2. The molecule has 5 fully saturated rings. The predicted octanol–water partition coefficient (Wildman–Crippen LogP) is 3.24. The second-order valence-electron chi connectivity index (χ2n) is 9.83. The Hall–Kier alpha value is -2.37. The number of carbonyl (C=O) groups excluding carboxylic acids is 3. The average Bonchev–Trinajstić information content (AvgIpc) is 2.84. The van der Waals surface area contributed by atoms with Crippen LogP contribution in [0.3, 0.4) is 0 Å². The Bertz CT molecular complexity index is 827. The molecule has 4 bridgehead atoms. The fourth-order valence-electron chi connectivity index (χ4n) is 6.65. The lowest BCUT2D eigenvalue weighted by molar-refractivity contribution is -0.134. The van der Waals surface area contributed by atoms with E-state index in [1.165, 1.54) is 24.2 Å². The van der Waals surface area contributed by atoms with Crippen LogP contribution < -0.4 is 10.2 Å². The minimum Gasteiger partial charge on any atom is -0.349 e. The first kappa shape index (κ1) is 18.6. The highest BCUT2D eigenvalue weighted by atomic mass is 16.2. The van der Waals surface area contributed by atoms with Crippen molar-refractivity contribution in [2.24, 2.45) is 17.8 Å². The van der Waals surface area contributed by atoms with Gasteiger partial charge in [0.05, 0.1) is 0 Å². The van der Waals surface area contributed by atoms with Crippen molar-refractivity contribution in [2.75, 3.05) is 11.4 Å². The molecular weight excluding hydrogens is 366 g/mol. The third-order valence-corrected chi connectivity index (χ3v) is 7.50. The zero-order chi connectivity index (χ0) is 20.3. The maximum atomic E-state index is 13.0. The summed E-state index contributed by atoms with van der Waals surface area (Å²) >= 11 is 0. The molecular formula is C23H29N3O3. The van der Waals surface area contributed by atoms with Gasteiger partial charge in [-0.1, -0.05) is 17.7 Å². The summed E-state index contributed by atoms with van der Waals surface area (Å²) in [7, 11) is 0. The lowest BCUT2D eigenvalue weighted by Gasteiger charge is -2.56. The Morgan fingerprint density at radius 1 is 1.03 bits per heavy atom. The van der Waals surface area contributed by atoms with Crippen LogP contribution in [0.1, 0.15) is 51.0 Å². The van der Waals surface area contributed by atoms with Crippen LogP contribution >= 0.6 is 0 Å². The number of anilines is 1. The van der Waals surface area contributed by atoms with Gasteiger partial charge < -0.3 is 5.32 Å². The van der Waals surface area contributed by atoms with Crippen molar-refractivity contribution in [3.05, 3.63) is 29.8 Å². The summed E-state index contributed by atoms with van der Waals surface area (Å²) in [5.74, 6) is 1.68. The molecule has 1 N–H and O–H groups in total. The largest absolute Gasteiger partial charge is 0.349 e. The van der Waals surface area contributed by atoms with E-state index in [0.717, 1.165) is 47.5 Å². The Labute approximate surface area is 171 Å². The SMILES string of the molecule is Cc1ccc(N2C(=O)N(CC(=O)NC34CC5CC(CC(C5)C3)C4)C(=O)C2C)cc1. The van der Waals surface area contributed by atoms with Gasteiger partial charge in [0, 0.05) is 11.2 Å². The Kier molecular flexibility index (Phi) is 4.23. The van der Waals surface area contributed by atoms with Gasteiger partial charge in [-0.3, -0.25) is 19.4 Å². The molecule has 1 aromatic rings. The predicted molar refractivity (Wildman–Crippen MR) is 109 cm³/mol. The maximum absolute atomic E-state index is 13.0. The number of nitrogens with one attached hydrogen (secondary N) is 1. The number of rotatable bonds is 4. The number of aryl methyl sites for hydroxylation is 1. The number of urea groups is 1. The van der Waals surface area contributed by atoms with Gasteiger partial charge in [0.2, 0.25) is 5.91 Å². The summed E-state index contributed by atoms with van der Waals surface area (Å²) in [4.78, 5) is 41.2. The molecule has 29 heavy (non-hydrogen) atoms. The van der Waals surface area contributed by atoms with Gasteiger partial charge in [-0.25, -0.2) is 4.79 Å². The molecule has 1 aromatic carbocycles. The minimum absolute atomic E-state index is 0.111. The van der Waals surface area contributed by atoms with Gasteiger partial charge in [-0.05, 0) is 82.3 Å². The van der Waals surface area contributed by atoms with E-state index < -0.39 is 12.1 Å². The van der Waals surface area contributed by atoms with Crippen LogP contribution in [0, 0.1) is 24.7 Å². The molecule has 1 heterocycles. The van der Waals surface area contributed by atoms with Crippen molar-refractivity contribution in [1.29, 1.82) is 0 Å². The molecule has 4 amide bonds. The number of carbonyl (C=O) groups is 3. The van der Waals surface area contributed by atoms with E-state index in [1.807, 2.05) is 31.2 Å². The van der Waals surface area contributed by atoms with Crippen LogP contribution in [0.25, 0.3) is 0 Å². The highest BCUT2D eigenvalue weighted by Gasteiger charge is 2.52. The standard InChI is InChI=1S/C23H29N3O3/c1-14-3-5-19(6-4-14)26-15(2)21(28)25(22(26)29)13-20(27)24-23-10-16-7-17(11-23)9-18(8-16)12-23/h3-6,15-18H,7-13H2,1-2H3,(H,24,27). The minimum atomic E-state index is -0.599. The lowest BCUT2D eigenvalue weighted by atomic mass is 9.53. The van der Waals surface area contributed by atoms with E-state index in [9.17, 15) is 14.4 Å². The smallest absolute Gasteiger partial charge is 0.332 e. The van der Waals surface area contributed by atoms with E-state index in [2.05, 4.69) is 5.32 Å². The Morgan fingerprint density at radius 2 is 1.59 bits per heavy atom. The summed E-state index contributed by atoms with van der Waals surface area (Å²) in [5, 5.41) is 3.27. The van der Waals surface area contributed by atoms with E-state index in [4.69, 9.17) is 0 Å². The normalized spacial score (nSPS) is 35.5. The summed E-state index contributed by atoms with van der Waals surface area (Å²) in [6, 6.07) is 6.51. The summed E-state index contributed by atoms with van der Waals surface area (Å²) < 4.78 is 0. The number of hydrogen-bond donors (Lipinski definition) is 1. The molecule has 5 aliphatic rings. The van der Waals surface area contributed by atoms with E-state index in [1.54, 1.807) is 6.92 Å². The molecule has 4 aliphatic carbocycles. The van der Waals surface area contributed by atoms with Gasteiger partial charge >= 0.3 is 6.03 Å². The monoisotopic (exact) mass is 395 g/mol. The topological polar surface area (TPSA) is 69.7 Å². The fourth-order valence-corrected chi connectivity index (χ4v) is 6.65. The quantitative estimate of drug-likeness (QED) is 0.796. The number of benzene rings is 1. The van der Waals surface area contributed by atoms with Crippen LogP contribution in [-0.4, -0.2) is 40.9 Å². The Morgan fingerprint density at radius 3 is 2.14 bits per heavy atom. The molecule has 6 heteroatoms. The summed E-state index contributed by atoms with van der Waals surface area (Å²) in [5.41, 5.74) is 1.66. The molecule has 154 valence electrons. The zero-order valence-electron chi connectivity index (χ0n) is 17.2. The summed E-state index contributed by atoms with van der Waals surface area (Å²) in [6.45, 7) is 3.51. The first-order valence-electron chi connectivity index (χ1n) is 10.9. The van der Waals surface area contributed by atoms with Crippen molar-refractivity contribution >= 4 is 23.5 Å². The Balaban J connectivity index is 1.29. The average molecular weight is 396 g/mol. The van der Waals surface area contributed by atoms with Crippen molar-refractivity contribution in [3.8, 4) is 0 Å². The highest BCUT2D eigenvalue weighted by Crippen LogP contribution is 2.55. The highest BCUT2D eigenvalue weighted by molar-refractivity contribution is 6.15. The lowest BCUT2D eigenvalue weighted by Crippen LogP contribution is -2.61. The molecule has 1 aliphatic heterocycles. The van der Waals surface area contributed by atoms with E-state index >= 15 is 0 Å². The molecule has 6 nitrogen and oxygen atoms in total. The van der Waals surface area contributed by atoms with E-state index in [-0.39, 0.29) is 23.9 Å². The molecule has 1 saturated heterocycles. The van der Waals surface area contributed by atoms with Crippen molar-refractivity contribution in [2.45, 2.75) is 64.0 Å². The molecule has 4 saturated carbocycles. The van der Waals surface area contributed by atoms with Gasteiger partial charge in [0.1, 0.15) is 12.6 Å². The maximum Gasteiger partial charge on any atom is 0.332 e. The second-order valence-corrected chi connectivity index (χ2v) is 9.83. The number of hydrogen-bond acceptors (Lipinski definition) is 3. The molecule has 0 aromatic heterocycles. The van der Waals surface area contributed by atoms with Crippen molar-refractivity contribution in [1.82, 2.24) is 10.2 Å². The third-order valence-electron chi connectivity index (χ3n) is 7.50. The fraction of sp³-hybridized carbons (Fsp3) is 0.609. The third kappa shape index (κ3) is 3.13. The molecule has 1 atom stereocenters. The van der Waals surface area contributed by atoms with Crippen LogP contribution in [0.2, 0.25) is 0 Å². The number of amides is 4. The van der Waals surface area contributed by atoms with Crippen LogP contribution in [0.4, 0.5) is 10.5 Å².